The fourth-order valence-corrected chi connectivity index (χ4v) is 3.29. The molecule has 0 aliphatic carbocycles. The number of halogens is 1. The first kappa shape index (κ1) is 7.19. The van der Waals surface area contributed by atoms with Crippen molar-refractivity contribution >= 4 is 31.3 Å². The molecule has 3 heteroatoms. The summed E-state index contributed by atoms with van der Waals surface area (Å²) in [5.41, 5.74) is 1.28. The predicted molar refractivity (Wildman–Crippen MR) is 51.2 cm³/mol. The molecule has 1 radical (unpaired) electrons. The molecule has 57 valence electrons. The molecule has 0 unspecified atom stereocenters. The molecule has 1 aromatic rings. The van der Waals surface area contributed by atoms with Crippen LogP contribution in [0.15, 0.2) is 18.2 Å². The highest BCUT2D eigenvalue weighted by atomic mass is 35.5. The lowest BCUT2D eigenvalue weighted by atomic mass is 10.3. The summed E-state index contributed by atoms with van der Waals surface area (Å²) in [4.78, 5) is 0. The maximum Gasteiger partial charge on any atom is 0.107 e. The molecular formula is C8H9ClNSi. The summed E-state index contributed by atoms with van der Waals surface area (Å²) in [6, 6.07) is 6.10. The molecule has 1 aliphatic heterocycles. The average molecular weight is 183 g/mol. The summed E-state index contributed by atoms with van der Waals surface area (Å²) in [5, 5.41) is 5.67. The van der Waals surface area contributed by atoms with Crippen molar-refractivity contribution < 1.29 is 0 Å². The summed E-state index contributed by atoms with van der Waals surface area (Å²) >= 11 is 5.88. The van der Waals surface area contributed by atoms with Crippen LogP contribution < -0.4 is 10.5 Å². The molecule has 0 fully saturated rings. The Bertz CT molecular complexity index is 287. The quantitative estimate of drug-likeness (QED) is 0.602. The van der Waals surface area contributed by atoms with Crippen molar-refractivity contribution in [2.75, 3.05) is 11.5 Å². The molecule has 0 amide bonds. The number of hydrogen-bond donors (Lipinski definition) is 1. The van der Waals surface area contributed by atoms with Crippen molar-refractivity contribution in [2.24, 2.45) is 0 Å². The van der Waals surface area contributed by atoms with Gasteiger partial charge >= 0.3 is 0 Å². The molecule has 1 heterocycles. The monoisotopic (exact) mass is 182 g/mol. The van der Waals surface area contributed by atoms with E-state index in [2.05, 4.69) is 24.0 Å². The summed E-state index contributed by atoms with van der Waals surface area (Å²) in [5.74, 6) is 0. The van der Waals surface area contributed by atoms with Gasteiger partial charge < -0.3 is 5.32 Å². The zero-order chi connectivity index (χ0) is 7.84. The van der Waals surface area contributed by atoms with Gasteiger partial charge in [-0.3, -0.25) is 0 Å². The number of benzene rings is 1. The van der Waals surface area contributed by atoms with Crippen LogP contribution in [-0.2, 0) is 0 Å². The third kappa shape index (κ3) is 1.16. The molecule has 1 aromatic carbocycles. The molecule has 11 heavy (non-hydrogen) atoms. The Morgan fingerprint density at radius 2 is 2.36 bits per heavy atom. The van der Waals surface area contributed by atoms with E-state index in [0.717, 1.165) is 11.2 Å². The number of anilines is 1. The van der Waals surface area contributed by atoms with E-state index in [-0.39, 0.29) is 8.80 Å². The highest BCUT2D eigenvalue weighted by molar-refractivity contribution is 6.76. The molecular weight excluding hydrogens is 174 g/mol. The second-order valence-corrected chi connectivity index (χ2v) is 5.71. The molecule has 0 saturated carbocycles. The second-order valence-electron chi connectivity index (χ2n) is 2.82. The Balaban J connectivity index is 2.52. The van der Waals surface area contributed by atoms with Gasteiger partial charge in [-0.05, 0) is 23.4 Å². The number of rotatable bonds is 0. The lowest BCUT2D eigenvalue weighted by molar-refractivity contribution is 1.49. The predicted octanol–water partition coefficient (Wildman–Crippen LogP) is 1.64. The highest BCUT2D eigenvalue weighted by Gasteiger charge is 2.18. The van der Waals surface area contributed by atoms with Crippen LogP contribution in [0.25, 0.3) is 0 Å². The molecule has 0 spiro atoms. The van der Waals surface area contributed by atoms with Crippen LogP contribution in [0.2, 0.25) is 11.6 Å². The van der Waals surface area contributed by atoms with Gasteiger partial charge in [-0.2, -0.15) is 0 Å². The molecule has 0 aromatic heterocycles. The van der Waals surface area contributed by atoms with Gasteiger partial charge in [0.05, 0.1) is 0 Å². The first-order valence-corrected chi connectivity index (χ1v) is 6.22. The average Bonchev–Trinajstić information content (AvgIpc) is 2.33. The van der Waals surface area contributed by atoms with E-state index < -0.39 is 0 Å². The van der Waals surface area contributed by atoms with Crippen LogP contribution in [0.3, 0.4) is 0 Å². The first-order valence-electron chi connectivity index (χ1n) is 3.63. The van der Waals surface area contributed by atoms with Crippen LogP contribution in [-0.4, -0.2) is 15.0 Å². The third-order valence-electron chi connectivity index (χ3n) is 1.99. The maximum atomic E-state index is 5.88. The van der Waals surface area contributed by atoms with Gasteiger partial charge in [0.2, 0.25) is 0 Å². The molecule has 1 N–H and O–H groups in total. The number of fused-ring (bicyclic) bond motifs is 1. The van der Waals surface area contributed by atoms with Crippen molar-refractivity contribution in [1.29, 1.82) is 0 Å². The van der Waals surface area contributed by atoms with Crippen molar-refractivity contribution in [3.63, 3.8) is 0 Å². The summed E-state index contributed by atoms with van der Waals surface area (Å²) < 4.78 is 0. The number of hydrogen-bond acceptors (Lipinski definition) is 1. The molecule has 0 saturated heterocycles. The topological polar surface area (TPSA) is 12.0 Å². The van der Waals surface area contributed by atoms with Crippen molar-refractivity contribution in [1.82, 2.24) is 0 Å². The van der Waals surface area contributed by atoms with Crippen LogP contribution in [0.5, 0.6) is 0 Å². The molecule has 2 rings (SSSR count). The Labute approximate surface area is 73.0 Å². The summed E-state index contributed by atoms with van der Waals surface area (Å²) in [7, 11) is -0.332. The molecule has 0 atom stereocenters. The van der Waals surface area contributed by atoms with Crippen LogP contribution in [0, 0.1) is 0 Å². The summed E-state index contributed by atoms with van der Waals surface area (Å²) in [6.07, 6.45) is 1.14. The second kappa shape index (κ2) is 2.54. The molecule has 1 aliphatic rings. The Morgan fingerprint density at radius 1 is 1.55 bits per heavy atom. The van der Waals surface area contributed by atoms with Crippen LogP contribution in [0.4, 0.5) is 5.69 Å². The van der Waals surface area contributed by atoms with E-state index >= 15 is 0 Å². The number of nitrogens with one attached hydrogen (secondary N) is 1. The van der Waals surface area contributed by atoms with Crippen molar-refractivity contribution in [3.05, 3.63) is 23.2 Å². The normalized spacial score (nSPS) is 16.2. The SMILES string of the molecule is C[Si]1CNc2ccc(Cl)cc21. The largest absolute Gasteiger partial charge is 0.388 e. The van der Waals surface area contributed by atoms with E-state index in [1.165, 1.54) is 10.9 Å². The third-order valence-corrected chi connectivity index (χ3v) is 4.26. The van der Waals surface area contributed by atoms with Gasteiger partial charge in [0, 0.05) is 16.9 Å². The smallest absolute Gasteiger partial charge is 0.107 e. The van der Waals surface area contributed by atoms with E-state index in [4.69, 9.17) is 11.6 Å². The van der Waals surface area contributed by atoms with Gasteiger partial charge in [0.15, 0.2) is 0 Å². The standard InChI is InChI=1S/C8H9ClNSi/c1-11-5-10-7-3-2-6(9)4-8(7)11/h2-4,10H,5H2,1H3. The molecule has 1 nitrogen and oxygen atoms in total. The fraction of sp³-hybridized carbons (Fsp3) is 0.250. The van der Waals surface area contributed by atoms with E-state index in [0.29, 0.717) is 0 Å². The van der Waals surface area contributed by atoms with Gasteiger partial charge in [-0.15, -0.1) is 0 Å². The minimum absolute atomic E-state index is 0.332. The lowest BCUT2D eigenvalue weighted by Crippen LogP contribution is -2.24. The van der Waals surface area contributed by atoms with Gasteiger partial charge in [-0.25, -0.2) is 0 Å². The maximum absolute atomic E-state index is 5.88. The van der Waals surface area contributed by atoms with Gasteiger partial charge in [0.1, 0.15) is 8.80 Å². The Morgan fingerprint density at radius 3 is 3.18 bits per heavy atom. The van der Waals surface area contributed by atoms with E-state index in [1.807, 2.05) is 6.07 Å². The van der Waals surface area contributed by atoms with Crippen molar-refractivity contribution in [3.8, 4) is 0 Å². The van der Waals surface area contributed by atoms with Gasteiger partial charge in [0.25, 0.3) is 0 Å². The van der Waals surface area contributed by atoms with E-state index in [9.17, 15) is 0 Å². The van der Waals surface area contributed by atoms with Crippen molar-refractivity contribution in [2.45, 2.75) is 6.55 Å². The van der Waals surface area contributed by atoms with E-state index in [1.54, 1.807) is 0 Å². The summed E-state index contributed by atoms with van der Waals surface area (Å²) in [6.45, 7) is 2.31. The molecule has 0 bridgehead atoms. The zero-order valence-corrected chi connectivity index (χ0v) is 8.07. The van der Waals surface area contributed by atoms with Gasteiger partial charge in [-0.1, -0.05) is 18.1 Å². The van der Waals surface area contributed by atoms with Crippen LogP contribution >= 0.6 is 11.6 Å². The minimum atomic E-state index is -0.332. The van der Waals surface area contributed by atoms with Crippen LogP contribution in [0.1, 0.15) is 0 Å². The first-order chi connectivity index (χ1) is 5.27. The minimum Gasteiger partial charge on any atom is -0.388 e. The highest BCUT2D eigenvalue weighted by Crippen LogP contribution is 2.16. The fourth-order valence-electron chi connectivity index (χ4n) is 1.35. The zero-order valence-electron chi connectivity index (χ0n) is 6.32. The lowest BCUT2D eigenvalue weighted by Gasteiger charge is -2.00. The Kier molecular flexibility index (Phi) is 1.66. The Hall–Kier alpha value is -0.473.